The molecule has 0 aliphatic rings. The second kappa shape index (κ2) is 11.0. The highest BCUT2D eigenvalue weighted by Crippen LogP contribution is 2.41. The first-order valence-corrected chi connectivity index (χ1v) is 12.2. The van der Waals surface area contributed by atoms with Gasteiger partial charge in [-0.05, 0) is 40.9 Å². The van der Waals surface area contributed by atoms with E-state index in [1.807, 2.05) is 58.0 Å². The van der Waals surface area contributed by atoms with Gasteiger partial charge in [-0.1, -0.05) is 30.3 Å². The van der Waals surface area contributed by atoms with E-state index < -0.39 is 0 Å². The summed E-state index contributed by atoms with van der Waals surface area (Å²) < 4.78 is 18.4. The summed E-state index contributed by atoms with van der Waals surface area (Å²) in [5, 5.41) is 10.9. The van der Waals surface area contributed by atoms with Crippen molar-refractivity contribution in [3.05, 3.63) is 80.6 Å². The number of thiophene rings is 1. The average molecular weight is 480 g/mol. The van der Waals surface area contributed by atoms with Gasteiger partial charge in [0.1, 0.15) is 0 Å². The Hall–Kier alpha value is -3.36. The second-order valence-corrected chi connectivity index (χ2v) is 8.66. The molecule has 0 aliphatic carbocycles. The molecule has 170 valence electrons. The lowest BCUT2D eigenvalue weighted by Gasteiger charge is -2.14. The summed E-state index contributed by atoms with van der Waals surface area (Å²) in [4.78, 5) is 5.67. The van der Waals surface area contributed by atoms with Crippen molar-refractivity contribution in [3.63, 3.8) is 0 Å². The standard InChI is InChI=1S/C25H25N3O3S2/c1-29-22-13-20(14-23(30-2)24(22)31-3)21-17-33-25(26-11-9-18-7-5-4-6-8-18)28(21)27-15-19-10-12-32-16-19/h4-8,10,12-17H,9,11H2,1-3H3. The Labute approximate surface area is 201 Å². The number of nitrogens with zero attached hydrogens (tertiary/aromatic N) is 3. The molecule has 2 aromatic heterocycles. The van der Waals surface area contributed by atoms with E-state index in [2.05, 4.69) is 17.5 Å². The van der Waals surface area contributed by atoms with Crippen LogP contribution in [-0.2, 0) is 6.42 Å². The fourth-order valence-electron chi connectivity index (χ4n) is 3.34. The van der Waals surface area contributed by atoms with Gasteiger partial charge in [-0.15, -0.1) is 11.3 Å². The van der Waals surface area contributed by atoms with Crippen LogP contribution in [0.4, 0.5) is 0 Å². The molecule has 0 amide bonds. The quantitative estimate of drug-likeness (QED) is 0.305. The Kier molecular flexibility index (Phi) is 7.59. The first-order chi connectivity index (χ1) is 16.2. The van der Waals surface area contributed by atoms with Crippen molar-refractivity contribution in [1.29, 1.82) is 0 Å². The van der Waals surface area contributed by atoms with Crippen molar-refractivity contribution in [2.24, 2.45) is 10.1 Å². The van der Waals surface area contributed by atoms with Gasteiger partial charge in [-0.2, -0.15) is 16.4 Å². The molecule has 0 aliphatic heterocycles. The maximum absolute atomic E-state index is 5.55. The summed E-state index contributed by atoms with van der Waals surface area (Å²) in [7, 11) is 4.82. The van der Waals surface area contributed by atoms with Crippen LogP contribution >= 0.6 is 22.7 Å². The lowest BCUT2D eigenvalue weighted by atomic mass is 10.1. The third kappa shape index (κ3) is 5.35. The number of aromatic nitrogens is 1. The van der Waals surface area contributed by atoms with E-state index in [1.165, 1.54) is 5.56 Å². The summed E-state index contributed by atoms with van der Waals surface area (Å²) >= 11 is 3.19. The number of hydrogen-bond donors (Lipinski definition) is 0. The molecule has 2 heterocycles. The van der Waals surface area contributed by atoms with Gasteiger partial charge in [0.2, 0.25) is 10.6 Å². The van der Waals surface area contributed by atoms with Crippen LogP contribution in [0.1, 0.15) is 11.1 Å². The maximum Gasteiger partial charge on any atom is 0.206 e. The van der Waals surface area contributed by atoms with Crippen molar-refractivity contribution in [2.75, 3.05) is 27.9 Å². The van der Waals surface area contributed by atoms with E-state index in [9.17, 15) is 0 Å². The molecule has 0 saturated heterocycles. The highest BCUT2D eigenvalue weighted by Gasteiger charge is 2.17. The number of benzene rings is 2. The zero-order chi connectivity index (χ0) is 23.0. The molecule has 2 aromatic carbocycles. The van der Waals surface area contributed by atoms with Crippen LogP contribution in [0, 0.1) is 0 Å². The molecule has 0 bridgehead atoms. The molecule has 0 saturated carbocycles. The summed E-state index contributed by atoms with van der Waals surface area (Å²) in [5.74, 6) is 1.74. The van der Waals surface area contributed by atoms with Crippen molar-refractivity contribution in [1.82, 2.24) is 4.68 Å². The summed E-state index contributed by atoms with van der Waals surface area (Å²) in [6, 6.07) is 16.2. The van der Waals surface area contributed by atoms with Crippen molar-refractivity contribution in [3.8, 4) is 28.5 Å². The van der Waals surface area contributed by atoms with E-state index in [-0.39, 0.29) is 0 Å². The van der Waals surface area contributed by atoms with Gasteiger partial charge in [-0.25, -0.2) is 4.68 Å². The van der Waals surface area contributed by atoms with Crippen LogP contribution in [0.2, 0.25) is 0 Å². The molecule has 0 spiro atoms. The highest BCUT2D eigenvalue weighted by molar-refractivity contribution is 7.08. The van der Waals surface area contributed by atoms with Gasteiger partial charge in [0.15, 0.2) is 11.5 Å². The normalized spacial score (nSPS) is 11.8. The van der Waals surface area contributed by atoms with Crippen LogP contribution in [0.15, 0.2) is 74.8 Å². The summed E-state index contributed by atoms with van der Waals surface area (Å²) in [6.07, 6.45) is 2.72. The number of rotatable bonds is 9. The third-order valence-corrected chi connectivity index (χ3v) is 6.56. The van der Waals surface area contributed by atoms with Crippen molar-refractivity contribution >= 4 is 28.9 Å². The van der Waals surface area contributed by atoms with E-state index in [0.29, 0.717) is 23.8 Å². The maximum atomic E-state index is 5.55. The zero-order valence-electron chi connectivity index (χ0n) is 18.7. The molecule has 4 rings (SSSR count). The lowest BCUT2D eigenvalue weighted by molar-refractivity contribution is 0.324. The van der Waals surface area contributed by atoms with E-state index in [4.69, 9.17) is 24.3 Å². The molecule has 4 aromatic rings. The Morgan fingerprint density at radius 1 is 0.939 bits per heavy atom. The number of hydrogen-bond acceptors (Lipinski definition) is 7. The van der Waals surface area contributed by atoms with Crippen LogP contribution in [0.25, 0.3) is 11.3 Å². The summed E-state index contributed by atoms with van der Waals surface area (Å²) in [5.41, 5.74) is 4.10. The summed E-state index contributed by atoms with van der Waals surface area (Å²) in [6.45, 7) is 0.674. The molecule has 8 heteroatoms. The SMILES string of the molecule is COc1cc(-c2csc(=NCCc3ccccc3)n2N=Cc2ccsc2)cc(OC)c1OC. The van der Waals surface area contributed by atoms with Crippen LogP contribution in [-0.4, -0.2) is 38.8 Å². The topological polar surface area (TPSA) is 57.3 Å². The lowest BCUT2D eigenvalue weighted by Crippen LogP contribution is -2.13. The minimum absolute atomic E-state index is 0.556. The van der Waals surface area contributed by atoms with Crippen LogP contribution in [0.5, 0.6) is 17.2 Å². The molecule has 0 atom stereocenters. The zero-order valence-corrected chi connectivity index (χ0v) is 20.4. The third-order valence-electron chi connectivity index (χ3n) is 5.00. The number of methoxy groups -OCH3 is 3. The molecule has 0 radical (unpaired) electrons. The Balaban J connectivity index is 1.76. The Morgan fingerprint density at radius 2 is 1.70 bits per heavy atom. The first-order valence-electron chi connectivity index (χ1n) is 10.4. The van der Waals surface area contributed by atoms with Gasteiger partial charge < -0.3 is 14.2 Å². The number of ether oxygens (including phenoxy) is 3. The molecule has 0 fully saturated rings. The molecule has 6 nitrogen and oxygen atoms in total. The number of thiazole rings is 1. The Morgan fingerprint density at radius 3 is 2.33 bits per heavy atom. The van der Waals surface area contributed by atoms with Crippen LogP contribution in [0.3, 0.4) is 0 Å². The fourth-order valence-corrected chi connectivity index (χ4v) is 4.82. The largest absolute Gasteiger partial charge is 0.493 e. The van der Waals surface area contributed by atoms with Gasteiger partial charge in [0.05, 0.1) is 33.2 Å². The van der Waals surface area contributed by atoms with Gasteiger partial charge in [0.25, 0.3) is 0 Å². The van der Waals surface area contributed by atoms with Crippen molar-refractivity contribution < 1.29 is 14.2 Å². The second-order valence-electron chi connectivity index (χ2n) is 7.05. The van der Waals surface area contributed by atoms with Gasteiger partial charge in [-0.3, -0.25) is 4.99 Å². The van der Waals surface area contributed by atoms with Gasteiger partial charge >= 0.3 is 0 Å². The highest BCUT2D eigenvalue weighted by atomic mass is 32.1. The molecule has 0 N–H and O–H groups in total. The van der Waals surface area contributed by atoms with E-state index >= 15 is 0 Å². The monoisotopic (exact) mass is 479 g/mol. The van der Waals surface area contributed by atoms with E-state index in [1.54, 1.807) is 44.0 Å². The predicted octanol–water partition coefficient (Wildman–Crippen LogP) is 5.33. The molecule has 0 unspecified atom stereocenters. The average Bonchev–Trinajstić information content (AvgIpc) is 3.52. The van der Waals surface area contributed by atoms with Crippen LogP contribution < -0.4 is 19.0 Å². The van der Waals surface area contributed by atoms with Crippen molar-refractivity contribution in [2.45, 2.75) is 6.42 Å². The first kappa shape index (κ1) is 22.8. The predicted molar refractivity (Wildman–Crippen MR) is 135 cm³/mol. The molecule has 33 heavy (non-hydrogen) atoms. The smallest absolute Gasteiger partial charge is 0.206 e. The molecular weight excluding hydrogens is 454 g/mol. The molecular formula is C25H25N3O3S2. The Bertz CT molecular complexity index is 1250. The van der Waals surface area contributed by atoms with E-state index in [0.717, 1.165) is 28.0 Å². The fraction of sp³-hybridized carbons (Fsp3) is 0.200. The minimum Gasteiger partial charge on any atom is -0.493 e. The van der Waals surface area contributed by atoms with Gasteiger partial charge in [0, 0.05) is 23.1 Å². The minimum atomic E-state index is 0.556.